The van der Waals surface area contributed by atoms with E-state index in [0.29, 0.717) is 0 Å². The van der Waals surface area contributed by atoms with Gasteiger partial charge in [-0.3, -0.25) is 4.40 Å². The Balaban J connectivity index is 1.63. The highest BCUT2D eigenvalue weighted by molar-refractivity contribution is 5.36. The average molecular weight is 260 g/mol. The summed E-state index contributed by atoms with van der Waals surface area (Å²) in [4.78, 5) is 0. The van der Waals surface area contributed by atoms with Crippen LogP contribution in [-0.2, 0) is 6.54 Å². The Morgan fingerprint density at radius 3 is 2.79 bits per heavy atom. The molecular formula is C15H24N4. The number of fused-ring (bicyclic) bond motifs is 1. The summed E-state index contributed by atoms with van der Waals surface area (Å²) in [6.45, 7) is 4.11. The van der Waals surface area contributed by atoms with E-state index in [0.717, 1.165) is 24.6 Å². The number of aromatic nitrogens is 3. The van der Waals surface area contributed by atoms with E-state index in [9.17, 15) is 0 Å². The van der Waals surface area contributed by atoms with Crippen molar-refractivity contribution in [2.45, 2.75) is 52.0 Å². The second-order valence-corrected chi connectivity index (χ2v) is 4.99. The van der Waals surface area contributed by atoms with Crippen LogP contribution >= 0.6 is 0 Å². The van der Waals surface area contributed by atoms with Gasteiger partial charge in [0.2, 0.25) is 0 Å². The lowest BCUT2D eigenvalue weighted by Gasteiger charge is -2.03. The van der Waals surface area contributed by atoms with E-state index < -0.39 is 0 Å². The number of pyridine rings is 1. The topological polar surface area (TPSA) is 42.2 Å². The van der Waals surface area contributed by atoms with Crippen molar-refractivity contribution in [2.24, 2.45) is 0 Å². The predicted molar refractivity (Wildman–Crippen MR) is 78.1 cm³/mol. The maximum atomic E-state index is 4.20. The molecule has 0 aliphatic heterocycles. The van der Waals surface area contributed by atoms with Gasteiger partial charge in [-0.25, -0.2) is 0 Å². The van der Waals surface area contributed by atoms with Gasteiger partial charge in [0.25, 0.3) is 0 Å². The zero-order chi connectivity index (χ0) is 13.3. The quantitative estimate of drug-likeness (QED) is 0.704. The molecule has 0 fully saturated rings. The number of unbranched alkanes of at least 4 members (excludes halogenated alkanes) is 5. The van der Waals surface area contributed by atoms with Crippen LogP contribution in [0, 0.1) is 0 Å². The van der Waals surface area contributed by atoms with E-state index in [4.69, 9.17) is 0 Å². The third-order valence-electron chi connectivity index (χ3n) is 3.37. The fourth-order valence-electron chi connectivity index (χ4n) is 2.24. The minimum Gasteiger partial charge on any atom is -0.310 e. The fourth-order valence-corrected chi connectivity index (χ4v) is 2.24. The van der Waals surface area contributed by atoms with Gasteiger partial charge >= 0.3 is 0 Å². The van der Waals surface area contributed by atoms with E-state index in [-0.39, 0.29) is 0 Å². The van der Waals surface area contributed by atoms with Crippen LogP contribution in [0.15, 0.2) is 24.4 Å². The summed E-state index contributed by atoms with van der Waals surface area (Å²) in [5.74, 6) is 0.988. The Hall–Kier alpha value is -1.42. The Kier molecular flexibility index (Phi) is 5.82. The minimum atomic E-state index is 0.792. The lowest BCUT2D eigenvalue weighted by Crippen LogP contribution is -2.16. The SMILES string of the molecule is CCCCCCCCNCc1nnc2ccccn12. The Bertz CT molecular complexity index is 478. The van der Waals surface area contributed by atoms with E-state index in [1.807, 2.05) is 28.8 Å². The largest absolute Gasteiger partial charge is 0.310 e. The maximum Gasteiger partial charge on any atom is 0.160 e. The standard InChI is InChI=1S/C15H24N4/c1-2-3-4-5-6-8-11-16-13-15-18-17-14-10-7-9-12-19(14)15/h7,9-10,12,16H,2-6,8,11,13H2,1H3. The van der Waals surface area contributed by atoms with Crippen molar-refractivity contribution in [1.29, 1.82) is 0 Å². The second-order valence-electron chi connectivity index (χ2n) is 4.99. The van der Waals surface area contributed by atoms with Crippen molar-refractivity contribution in [1.82, 2.24) is 19.9 Å². The highest BCUT2D eigenvalue weighted by Crippen LogP contribution is 2.05. The molecule has 2 rings (SSSR count). The van der Waals surface area contributed by atoms with Crippen molar-refractivity contribution < 1.29 is 0 Å². The van der Waals surface area contributed by atoms with Crippen molar-refractivity contribution in [3.8, 4) is 0 Å². The molecule has 0 spiro atoms. The number of nitrogens with zero attached hydrogens (tertiary/aromatic N) is 3. The number of nitrogens with one attached hydrogen (secondary N) is 1. The molecular weight excluding hydrogens is 236 g/mol. The molecule has 0 aromatic carbocycles. The summed E-state index contributed by atoms with van der Waals surface area (Å²) < 4.78 is 2.04. The van der Waals surface area contributed by atoms with Crippen molar-refractivity contribution >= 4 is 5.65 Å². The lowest BCUT2D eigenvalue weighted by molar-refractivity contribution is 0.564. The Morgan fingerprint density at radius 1 is 1.05 bits per heavy atom. The summed E-state index contributed by atoms with van der Waals surface area (Å²) in [5.41, 5.74) is 0.916. The van der Waals surface area contributed by atoms with Crippen LogP contribution in [0.5, 0.6) is 0 Å². The molecule has 0 bridgehead atoms. The molecule has 0 atom stereocenters. The van der Waals surface area contributed by atoms with Gasteiger partial charge in [-0.1, -0.05) is 45.1 Å². The number of hydrogen-bond donors (Lipinski definition) is 1. The van der Waals surface area contributed by atoms with Gasteiger partial charge in [0.15, 0.2) is 11.5 Å². The van der Waals surface area contributed by atoms with E-state index in [2.05, 4.69) is 22.4 Å². The van der Waals surface area contributed by atoms with E-state index in [1.165, 1.54) is 38.5 Å². The van der Waals surface area contributed by atoms with Crippen LogP contribution < -0.4 is 5.32 Å². The zero-order valence-corrected chi connectivity index (χ0v) is 11.8. The molecule has 104 valence electrons. The summed E-state index contributed by atoms with van der Waals surface area (Å²) in [6, 6.07) is 5.97. The summed E-state index contributed by atoms with van der Waals surface area (Å²) >= 11 is 0. The zero-order valence-electron chi connectivity index (χ0n) is 11.8. The third-order valence-corrected chi connectivity index (χ3v) is 3.37. The molecule has 4 nitrogen and oxygen atoms in total. The first-order valence-corrected chi connectivity index (χ1v) is 7.41. The molecule has 1 N–H and O–H groups in total. The molecule has 0 saturated carbocycles. The van der Waals surface area contributed by atoms with Crippen molar-refractivity contribution in [3.63, 3.8) is 0 Å². The van der Waals surface area contributed by atoms with E-state index >= 15 is 0 Å². The molecule has 0 aliphatic carbocycles. The smallest absolute Gasteiger partial charge is 0.160 e. The first kappa shape index (κ1) is 14.0. The van der Waals surface area contributed by atoms with Crippen LogP contribution in [0.3, 0.4) is 0 Å². The molecule has 0 aliphatic rings. The maximum absolute atomic E-state index is 4.20. The second kappa shape index (κ2) is 7.89. The lowest BCUT2D eigenvalue weighted by atomic mass is 10.1. The first-order valence-electron chi connectivity index (χ1n) is 7.41. The summed E-state index contributed by atoms with van der Waals surface area (Å²) in [6.07, 6.45) is 10.0. The van der Waals surface area contributed by atoms with E-state index in [1.54, 1.807) is 0 Å². The van der Waals surface area contributed by atoms with Crippen molar-refractivity contribution in [2.75, 3.05) is 6.54 Å². The van der Waals surface area contributed by atoms with Crippen LogP contribution in [0.4, 0.5) is 0 Å². The third kappa shape index (κ3) is 4.31. The molecule has 2 heterocycles. The van der Waals surface area contributed by atoms with Crippen LogP contribution in [0.25, 0.3) is 5.65 Å². The van der Waals surface area contributed by atoms with Crippen LogP contribution in [-0.4, -0.2) is 21.1 Å². The van der Waals surface area contributed by atoms with Gasteiger partial charge in [0.05, 0.1) is 6.54 Å². The first-order chi connectivity index (χ1) is 9.42. The molecule has 4 heteroatoms. The predicted octanol–water partition coefficient (Wildman–Crippen LogP) is 3.18. The van der Waals surface area contributed by atoms with Gasteiger partial charge in [-0.05, 0) is 25.1 Å². The molecule has 0 saturated heterocycles. The van der Waals surface area contributed by atoms with Gasteiger partial charge in [0.1, 0.15) is 0 Å². The molecule has 0 unspecified atom stereocenters. The van der Waals surface area contributed by atoms with Crippen molar-refractivity contribution in [3.05, 3.63) is 30.2 Å². The summed E-state index contributed by atoms with van der Waals surface area (Å²) in [5, 5.41) is 11.8. The molecule has 19 heavy (non-hydrogen) atoms. The molecule has 2 aromatic rings. The molecule has 2 aromatic heterocycles. The highest BCUT2D eigenvalue weighted by atomic mass is 15.3. The Morgan fingerprint density at radius 2 is 1.89 bits per heavy atom. The monoisotopic (exact) mass is 260 g/mol. The average Bonchev–Trinajstić information content (AvgIpc) is 2.85. The number of rotatable bonds is 9. The van der Waals surface area contributed by atoms with Crippen LogP contribution in [0.2, 0.25) is 0 Å². The Labute approximate surface area is 115 Å². The molecule has 0 amide bonds. The van der Waals surface area contributed by atoms with Crippen LogP contribution in [0.1, 0.15) is 51.3 Å². The minimum absolute atomic E-state index is 0.792. The van der Waals surface area contributed by atoms with Gasteiger partial charge < -0.3 is 5.32 Å². The fraction of sp³-hybridized carbons (Fsp3) is 0.600. The molecule has 0 radical (unpaired) electrons. The van der Waals surface area contributed by atoms with Gasteiger partial charge in [-0.15, -0.1) is 10.2 Å². The van der Waals surface area contributed by atoms with Gasteiger partial charge in [-0.2, -0.15) is 0 Å². The highest BCUT2D eigenvalue weighted by Gasteiger charge is 2.02. The number of hydrogen-bond acceptors (Lipinski definition) is 3. The normalized spacial score (nSPS) is 11.2. The van der Waals surface area contributed by atoms with Gasteiger partial charge in [0, 0.05) is 6.20 Å². The summed E-state index contributed by atoms with van der Waals surface area (Å²) in [7, 11) is 0.